The molecule has 3 nitrogen and oxygen atoms in total. The highest BCUT2D eigenvalue weighted by atomic mass is 19.1. The summed E-state index contributed by atoms with van der Waals surface area (Å²) in [7, 11) is 0. The zero-order valence-corrected chi connectivity index (χ0v) is 6.87. The van der Waals surface area contributed by atoms with Crippen LogP contribution in [0, 0.1) is 5.92 Å². The third-order valence-electron chi connectivity index (χ3n) is 1.47. The van der Waals surface area contributed by atoms with Gasteiger partial charge in [0.05, 0.1) is 6.10 Å². The number of ether oxygens (including phenoxy) is 1. The monoisotopic (exact) mass is 164 g/mol. The van der Waals surface area contributed by atoms with Crippen LogP contribution in [0.1, 0.15) is 20.8 Å². The van der Waals surface area contributed by atoms with Crippen molar-refractivity contribution in [2.45, 2.75) is 33.2 Å². The van der Waals surface area contributed by atoms with Crippen molar-refractivity contribution in [1.82, 2.24) is 0 Å². The molecule has 2 unspecified atom stereocenters. The third-order valence-corrected chi connectivity index (χ3v) is 1.47. The molecule has 0 aliphatic heterocycles. The van der Waals surface area contributed by atoms with Crippen LogP contribution in [0.15, 0.2) is 0 Å². The van der Waals surface area contributed by atoms with E-state index in [4.69, 9.17) is 5.11 Å². The van der Waals surface area contributed by atoms with E-state index >= 15 is 0 Å². The Labute approximate surface area is 65.2 Å². The van der Waals surface area contributed by atoms with E-state index in [0.717, 1.165) is 0 Å². The number of rotatable bonds is 4. The number of carbonyl (C=O) groups is 1. The molecule has 0 saturated heterocycles. The fraction of sp³-hybridized carbons (Fsp3) is 0.857. The molecular formula is C7H13FO3. The fourth-order valence-electron chi connectivity index (χ4n) is 0.404. The van der Waals surface area contributed by atoms with Gasteiger partial charge in [-0.1, -0.05) is 13.8 Å². The molecule has 0 heterocycles. The predicted molar refractivity (Wildman–Crippen MR) is 37.9 cm³/mol. The molecule has 0 spiro atoms. The second-order valence-corrected chi connectivity index (χ2v) is 2.74. The van der Waals surface area contributed by atoms with Crippen LogP contribution < -0.4 is 0 Å². The zero-order chi connectivity index (χ0) is 9.02. The number of alkyl halides is 1. The molecule has 11 heavy (non-hydrogen) atoms. The van der Waals surface area contributed by atoms with Crippen LogP contribution in [0.5, 0.6) is 0 Å². The number of aliphatic carboxylic acids is 1. The summed E-state index contributed by atoms with van der Waals surface area (Å²) in [5.41, 5.74) is 0. The number of hydrogen-bond acceptors (Lipinski definition) is 2. The highest BCUT2D eigenvalue weighted by Crippen LogP contribution is 2.08. The molecule has 2 atom stereocenters. The average molecular weight is 164 g/mol. The summed E-state index contributed by atoms with van der Waals surface area (Å²) in [6, 6.07) is 0. The molecule has 0 aromatic heterocycles. The van der Waals surface area contributed by atoms with Gasteiger partial charge in [-0.3, -0.25) is 0 Å². The summed E-state index contributed by atoms with van der Waals surface area (Å²) in [5, 5.41) is 8.11. The van der Waals surface area contributed by atoms with E-state index in [-0.39, 0.29) is 12.0 Å². The Morgan fingerprint density at radius 1 is 1.45 bits per heavy atom. The molecule has 1 N–H and O–H groups in total. The van der Waals surface area contributed by atoms with E-state index < -0.39 is 12.3 Å². The minimum atomic E-state index is -2.20. The number of hydrogen-bond donors (Lipinski definition) is 1. The highest BCUT2D eigenvalue weighted by Gasteiger charge is 2.20. The lowest BCUT2D eigenvalue weighted by molar-refractivity contribution is -0.171. The average Bonchev–Trinajstić information content (AvgIpc) is 1.87. The lowest BCUT2D eigenvalue weighted by Gasteiger charge is -2.16. The van der Waals surface area contributed by atoms with Gasteiger partial charge in [-0.2, -0.15) is 0 Å². The summed E-state index contributed by atoms with van der Waals surface area (Å²) >= 11 is 0. The van der Waals surface area contributed by atoms with E-state index in [9.17, 15) is 9.18 Å². The minimum absolute atomic E-state index is 0.118. The maximum atomic E-state index is 12.3. The number of carboxylic acid groups (broad SMARTS) is 1. The van der Waals surface area contributed by atoms with Gasteiger partial charge in [0.15, 0.2) is 0 Å². The van der Waals surface area contributed by atoms with Gasteiger partial charge < -0.3 is 9.84 Å². The van der Waals surface area contributed by atoms with Gasteiger partial charge in [0.25, 0.3) is 6.36 Å². The minimum Gasteiger partial charge on any atom is -0.477 e. The van der Waals surface area contributed by atoms with E-state index in [1.807, 2.05) is 13.8 Å². The Kier molecular flexibility index (Phi) is 4.03. The maximum Gasteiger partial charge on any atom is 0.366 e. The first-order valence-electron chi connectivity index (χ1n) is 3.47. The third kappa shape index (κ3) is 3.93. The molecule has 0 aliphatic rings. The van der Waals surface area contributed by atoms with Crippen LogP contribution >= 0.6 is 0 Å². The van der Waals surface area contributed by atoms with Crippen molar-refractivity contribution in [3.8, 4) is 0 Å². The maximum absolute atomic E-state index is 12.3. The van der Waals surface area contributed by atoms with Crippen molar-refractivity contribution >= 4 is 5.97 Å². The second kappa shape index (κ2) is 4.28. The van der Waals surface area contributed by atoms with Crippen molar-refractivity contribution < 1.29 is 19.0 Å². The summed E-state index contributed by atoms with van der Waals surface area (Å²) in [4.78, 5) is 9.96. The van der Waals surface area contributed by atoms with Crippen LogP contribution in [0.25, 0.3) is 0 Å². The topological polar surface area (TPSA) is 46.5 Å². The molecule has 0 saturated carbocycles. The Bertz CT molecular complexity index is 136. The number of halogens is 1. The van der Waals surface area contributed by atoms with Crippen molar-refractivity contribution in [1.29, 1.82) is 0 Å². The van der Waals surface area contributed by atoms with Gasteiger partial charge in [0.2, 0.25) is 0 Å². The largest absolute Gasteiger partial charge is 0.477 e. The lowest BCUT2D eigenvalue weighted by atomic mass is 10.1. The highest BCUT2D eigenvalue weighted by molar-refractivity contribution is 5.70. The van der Waals surface area contributed by atoms with Crippen LogP contribution in [0.4, 0.5) is 4.39 Å². The molecule has 0 rings (SSSR count). The standard InChI is InChI=1S/C7H13FO3/c1-4(2)5(3)11-6(8)7(9)10/h4-6H,1-3H3,(H,9,10). The summed E-state index contributed by atoms with van der Waals surface area (Å²) in [6.07, 6.45) is -2.58. The first-order chi connectivity index (χ1) is 4.95. The SMILES string of the molecule is CC(C)C(C)OC(F)C(=O)O. The normalized spacial score (nSPS) is 16.5. The molecule has 0 bridgehead atoms. The van der Waals surface area contributed by atoms with Crippen molar-refractivity contribution in [2.24, 2.45) is 5.92 Å². The zero-order valence-electron chi connectivity index (χ0n) is 6.87. The molecule has 0 fully saturated rings. The number of carboxylic acids is 1. The van der Waals surface area contributed by atoms with Gasteiger partial charge in [-0.05, 0) is 12.8 Å². The quantitative estimate of drug-likeness (QED) is 0.683. The van der Waals surface area contributed by atoms with Crippen molar-refractivity contribution in [3.05, 3.63) is 0 Å². The van der Waals surface area contributed by atoms with Gasteiger partial charge in [-0.25, -0.2) is 9.18 Å². The molecule has 66 valence electrons. The smallest absolute Gasteiger partial charge is 0.366 e. The molecule has 0 aromatic rings. The first-order valence-corrected chi connectivity index (χ1v) is 3.47. The van der Waals surface area contributed by atoms with Crippen molar-refractivity contribution in [2.75, 3.05) is 0 Å². The molecule has 0 amide bonds. The second-order valence-electron chi connectivity index (χ2n) is 2.74. The van der Waals surface area contributed by atoms with Crippen LogP contribution in [0.3, 0.4) is 0 Å². The van der Waals surface area contributed by atoms with Gasteiger partial charge in [-0.15, -0.1) is 0 Å². The van der Waals surface area contributed by atoms with E-state index in [1.54, 1.807) is 6.92 Å². The molecule has 0 radical (unpaired) electrons. The van der Waals surface area contributed by atoms with Gasteiger partial charge in [0.1, 0.15) is 0 Å². The van der Waals surface area contributed by atoms with Gasteiger partial charge in [0, 0.05) is 0 Å². The van der Waals surface area contributed by atoms with Crippen molar-refractivity contribution in [3.63, 3.8) is 0 Å². The van der Waals surface area contributed by atoms with Gasteiger partial charge >= 0.3 is 5.97 Å². The van der Waals surface area contributed by atoms with Crippen LogP contribution in [-0.4, -0.2) is 23.5 Å². The van der Waals surface area contributed by atoms with E-state index in [1.165, 1.54) is 0 Å². The molecule has 4 heteroatoms. The van der Waals surface area contributed by atoms with Crippen LogP contribution in [0.2, 0.25) is 0 Å². The summed E-state index contributed by atoms with van der Waals surface area (Å²) in [6.45, 7) is 5.30. The fourth-order valence-corrected chi connectivity index (χ4v) is 0.404. The predicted octanol–water partition coefficient (Wildman–Crippen LogP) is 1.43. The lowest BCUT2D eigenvalue weighted by Crippen LogP contribution is -2.26. The summed E-state index contributed by atoms with van der Waals surface area (Å²) in [5.74, 6) is -1.45. The molecular weight excluding hydrogens is 151 g/mol. The first kappa shape index (κ1) is 10.4. The van der Waals surface area contributed by atoms with E-state index in [2.05, 4.69) is 4.74 Å². The van der Waals surface area contributed by atoms with E-state index in [0.29, 0.717) is 0 Å². The Morgan fingerprint density at radius 2 is 1.91 bits per heavy atom. The molecule has 0 aromatic carbocycles. The Hall–Kier alpha value is -0.640. The Morgan fingerprint density at radius 3 is 2.18 bits per heavy atom. The summed E-state index contributed by atoms with van der Waals surface area (Å²) < 4.78 is 16.8. The Balaban J connectivity index is 3.75. The van der Waals surface area contributed by atoms with Crippen LogP contribution in [-0.2, 0) is 9.53 Å². The molecule has 0 aliphatic carbocycles.